The number of para-hydroxylation sites is 1. The molecular weight excluding hydrogens is 288 g/mol. The van der Waals surface area contributed by atoms with Crippen LogP contribution in [0, 0.1) is 11.8 Å². The number of Topliss-reactive ketones (excluding diaryl/α,β-unsaturated/α-hetero) is 2. The van der Waals surface area contributed by atoms with E-state index in [-0.39, 0.29) is 23.9 Å². The van der Waals surface area contributed by atoms with E-state index in [1.54, 1.807) is 0 Å². The average molecular weight is 314 g/mol. The molecule has 3 rings (SSSR count). The fraction of sp³-hybridized carbons (Fsp3) is 0.600. The summed E-state index contributed by atoms with van der Waals surface area (Å²) in [5.74, 6) is 2.29. The molecule has 0 amide bonds. The van der Waals surface area contributed by atoms with Crippen LogP contribution in [0.1, 0.15) is 63.4 Å². The first-order valence-electron chi connectivity index (χ1n) is 8.87. The zero-order valence-corrected chi connectivity index (χ0v) is 13.9. The molecule has 3 heteroatoms. The minimum absolute atomic E-state index is 0.0240. The molecule has 23 heavy (non-hydrogen) atoms. The van der Waals surface area contributed by atoms with E-state index in [2.05, 4.69) is 18.2 Å². The van der Waals surface area contributed by atoms with Gasteiger partial charge < -0.3 is 4.74 Å². The minimum atomic E-state index is -0.0240. The van der Waals surface area contributed by atoms with E-state index in [1.165, 1.54) is 31.7 Å². The van der Waals surface area contributed by atoms with Crippen molar-refractivity contribution in [3.63, 3.8) is 0 Å². The van der Waals surface area contributed by atoms with Crippen LogP contribution in [-0.2, 0) is 9.59 Å². The lowest BCUT2D eigenvalue weighted by molar-refractivity contribution is -0.128. The van der Waals surface area contributed by atoms with Crippen molar-refractivity contribution in [3.05, 3.63) is 29.8 Å². The van der Waals surface area contributed by atoms with Crippen LogP contribution >= 0.6 is 0 Å². The molecule has 0 bridgehead atoms. The maximum Gasteiger partial charge on any atom is 0.143 e. The Hall–Kier alpha value is -1.64. The second kappa shape index (κ2) is 7.29. The number of hydrogen-bond acceptors (Lipinski definition) is 3. The molecule has 0 aliphatic heterocycles. The zero-order valence-electron chi connectivity index (χ0n) is 13.9. The van der Waals surface area contributed by atoms with Gasteiger partial charge in [-0.25, -0.2) is 0 Å². The molecule has 0 radical (unpaired) electrons. The number of carbonyl (C=O) groups excluding carboxylic acids is 2. The summed E-state index contributed by atoms with van der Waals surface area (Å²) >= 11 is 0. The largest absolute Gasteiger partial charge is 0.493 e. The van der Waals surface area contributed by atoms with Crippen LogP contribution in [0.3, 0.4) is 0 Å². The summed E-state index contributed by atoms with van der Waals surface area (Å²) in [7, 11) is 0. The molecular formula is C20H26O3. The highest BCUT2D eigenvalue weighted by Crippen LogP contribution is 2.41. The van der Waals surface area contributed by atoms with Gasteiger partial charge in [-0.2, -0.15) is 0 Å². The molecule has 3 nitrogen and oxygen atoms in total. The van der Waals surface area contributed by atoms with Crippen molar-refractivity contribution in [1.29, 1.82) is 0 Å². The van der Waals surface area contributed by atoms with Gasteiger partial charge in [0.2, 0.25) is 0 Å². The van der Waals surface area contributed by atoms with Gasteiger partial charge in [0.1, 0.15) is 17.3 Å². The van der Waals surface area contributed by atoms with Crippen LogP contribution in [0.5, 0.6) is 5.75 Å². The van der Waals surface area contributed by atoms with E-state index in [0.717, 1.165) is 25.0 Å². The Bertz CT molecular complexity index is 574. The fourth-order valence-electron chi connectivity index (χ4n) is 3.78. The van der Waals surface area contributed by atoms with E-state index in [9.17, 15) is 9.59 Å². The van der Waals surface area contributed by atoms with Crippen molar-refractivity contribution in [2.75, 3.05) is 6.61 Å². The third-order valence-corrected chi connectivity index (χ3v) is 5.36. The Morgan fingerprint density at radius 3 is 2.61 bits per heavy atom. The predicted molar refractivity (Wildman–Crippen MR) is 89.7 cm³/mol. The summed E-state index contributed by atoms with van der Waals surface area (Å²) in [5.41, 5.74) is 1.35. The maximum absolute atomic E-state index is 12.0. The first-order valence-corrected chi connectivity index (χ1v) is 8.87. The maximum atomic E-state index is 12.0. The van der Waals surface area contributed by atoms with Crippen LogP contribution in [-0.4, -0.2) is 18.2 Å². The van der Waals surface area contributed by atoms with E-state index in [0.29, 0.717) is 18.4 Å². The highest BCUT2D eigenvalue weighted by Gasteiger charge is 2.31. The molecule has 0 aromatic heterocycles. The molecule has 0 spiro atoms. The first-order chi connectivity index (χ1) is 11.1. The molecule has 2 aliphatic carbocycles. The van der Waals surface area contributed by atoms with Crippen LogP contribution in [0.4, 0.5) is 0 Å². The van der Waals surface area contributed by atoms with Gasteiger partial charge in [-0.1, -0.05) is 24.6 Å². The standard InChI is InChI=1S/C20H26O3/c1-14(21)11-19(22)17-10-9-15(12-17)13-23-20-8-3-2-7-18(20)16-5-4-6-16/h2-3,7-8,15-17H,4-6,9-13H2,1H3. The summed E-state index contributed by atoms with van der Waals surface area (Å²) in [5, 5.41) is 0. The zero-order chi connectivity index (χ0) is 16.2. The van der Waals surface area contributed by atoms with Crippen molar-refractivity contribution >= 4 is 11.6 Å². The molecule has 1 aromatic carbocycles. The predicted octanol–water partition coefficient (Wildman–Crippen LogP) is 4.30. The van der Waals surface area contributed by atoms with Crippen molar-refractivity contribution in [2.24, 2.45) is 11.8 Å². The van der Waals surface area contributed by atoms with Crippen molar-refractivity contribution in [1.82, 2.24) is 0 Å². The van der Waals surface area contributed by atoms with Crippen LogP contribution < -0.4 is 4.74 Å². The molecule has 2 saturated carbocycles. The Kier molecular flexibility index (Phi) is 5.14. The van der Waals surface area contributed by atoms with E-state index in [1.807, 2.05) is 6.07 Å². The van der Waals surface area contributed by atoms with Crippen LogP contribution in [0.15, 0.2) is 24.3 Å². The molecule has 2 unspecified atom stereocenters. The van der Waals surface area contributed by atoms with E-state index < -0.39 is 0 Å². The van der Waals surface area contributed by atoms with Crippen LogP contribution in [0.2, 0.25) is 0 Å². The number of carbonyl (C=O) groups is 2. The Morgan fingerprint density at radius 2 is 1.91 bits per heavy atom. The van der Waals surface area contributed by atoms with Gasteiger partial charge in [0.25, 0.3) is 0 Å². The number of ether oxygens (including phenoxy) is 1. The van der Waals surface area contributed by atoms with Gasteiger partial charge in [-0.3, -0.25) is 9.59 Å². The molecule has 124 valence electrons. The van der Waals surface area contributed by atoms with Gasteiger partial charge in [0.05, 0.1) is 13.0 Å². The van der Waals surface area contributed by atoms with Crippen molar-refractivity contribution in [2.45, 2.75) is 57.8 Å². The Morgan fingerprint density at radius 1 is 1.13 bits per heavy atom. The number of rotatable bonds is 7. The molecule has 0 heterocycles. The van der Waals surface area contributed by atoms with E-state index in [4.69, 9.17) is 4.74 Å². The molecule has 1 aromatic rings. The third-order valence-electron chi connectivity index (χ3n) is 5.36. The smallest absolute Gasteiger partial charge is 0.143 e. The summed E-state index contributed by atoms with van der Waals surface area (Å²) in [4.78, 5) is 23.1. The molecule has 0 N–H and O–H groups in total. The molecule has 2 fully saturated rings. The van der Waals surface area contributed by atoms with Gasteiger partial charge in [0.15, 0.2) is 0 Å². The van der Waals surface area contributed by atoms with Gasteiger partial charge in [0, 0.05) is 5.92 Å². The second-order valence-corrected chi connectivity index (χ2v) is 7.20. The second-order valence-electron chi connectivity index (χ2n) is 7.20. The molecule has 2 aliphatic rings. The van der Waals surface area contributed by atoms with Gasteiger partial charge in [-0.15, -0.1) is 0 Å². The summed E-state index contributed by atoms with van der Waals surface area (Å²) in [6.07, 6.45) is 6.77. The average Bonchev–Trinajstić information content (AvgIpc) is 2.93. The quantitative estimate of drug-likeness (QED) is 0.705. The summed E-state index contributed by atoms with van der Waals surface area (Å²) in [6.45, 7) is 2.18. The third kappa shape index (κ3) is 4.01. The highest BCUT2D eigenvalue weighted by atomic mass is 16.5. The molecule has 0 saturated heterocycles. The first kappa shape index (κ1) is 16.2. The summed E-state index contributed by atoms with van der Waals surface area (Å²) < 4.78 is 6.11. The van der Waals surface area contributed by atoms with Gasteiger partial charge in [-0.05, 0) is 62.5 Å². The van der Waals surface area contributed by atoms with E-state index >= 15 is 0 Å². The lowest BCUT2D eigenvalue weighted by atomic mass is 9.80. The summed E-state index contributed by atoms with van der Waals surface area (Å²) in [6, 6.07) is 8.38. The highest BCUT2D eigenvalue weighted by molar-refractivity contribution is 5.99. The topological polar surface area (TPSA) is 43.4 Å². The van der Waals surface area contributed by atoms with Crippen molar-refractivity contribution in [3.8, 4) is 5.75 Å². The fourth-order valence-corrected chi connectivity index (χ4v) is 3.78. The normalized spacial score (nSPS) is 24.2. The van der Waals surface area contributed by atoms with Gasteiger partial charge >= 0.3 is 0 Å². The lowest BCUT2D eigenvalue weighted by Crippen LogP contribution is -2.16. The van der Waals surface area contributed by atoms with Crippen molar-refractivity contribution < 1.29 is 14.3 Å². The van der Waals surface area contributed by atoms with Crippen LogP contribution in [0.25, 0.3) is 0 Å². The number of hydrogen-bond donors (Lipinski definition) is 0. The minimum Gasteiger partial charge on any atom is -0.493 e. The lowest BCUT2D eigenvalue weighted by Gasteiger charge is -2.28. The Labute approximate surface area is 138 Å². The monoisotopic (exact) mass is 314 g/mol. The number of benzene rings is 1. The molecule has 2 atom stereocenters. The Balaban J connectivity index is 1.52. The number of ketones is 2. The SMILES string of the molecule is CC(=O)CC(=O)C1CCC(COc2ccccc2C2CCC2)C1.